The number of carbonyl (C=O) groups is 1. The van der Waals surface area contributed by atoms with Crippen LogP contribution in [0.5, 0.6) is 11.5 Å². The van der Waals surface area contributed by atoms with E-state index >= 15 is 0 Å². The predicted molar refractivity (Wildman–Crippen MR) is 91.5 cm³/mol. The molecule has 1 aromatic heterocycles. The van der Waals surface area contributed by atoms with Gasteiger partial charge in [0.1, 0.15) is 0 Å². The Hall–Kier alpha value is -2.34. The molecule has 2 rings (SSSR count). The van der Waals surface area contributed by atoms with Crippen LogP contribution >= 0.6 is 11.3 Å². The number of ether oxygens (including phenoxy) is 2. The Balaban J connectivity index is 2.21. The third-order valence-corrected chi connectivity index (χ3v) is 4.19. The van der Waals surface area contributed by atoms with Crippen LogP contribution in [0.4, 0.5) is 0 Å². The molecule has 0 unspecified atom stereocenters. The van der Waals surface area contributed by atoms with Gasteiger partial charge in [0.2, 0.25) is 0 Å². The topological polar surface area (TPSA) is 60.5 Å². The fraction of sp³-hybridized carbons (Fsp3) is 0.294. The molecule has 0 bridgehead atoms. The van der Waals surface area contributed by atoms with E-state index in [1.165, 1.54) is 0 Å². The Morgan fingerprint density at radius 3 is 2.74 bits per heavy atom. The van der Waals surface area contributed by atoms with Crippen molar-refractivity contribution in [2.75, 3.05) is 14.2 Å². The Morgan fingerprint density at radius 2 is 2.17 bits per heavy atom. The molecule has 1 amide bonds. The lowest BCUT2D eigenvalue weighted by atomic mass is 10.0. The summed E-state index contributed by atoms with van der Waals surface area (Å²) in [7, 11) is 3.13. The second-order valence-electron chi connectivity index (χ2n) is 4.89. The highest BCUT2D eigenvalue weighted by Crippen LogP contribution is 2.33. The fourth-order valence-corrected chi connectivity index (χ4v) is 2.97. The Labute approximate surface area is 140 Å². The maximum absolute atomic E-state index is 12.4. The number of allylic oxidation sites excluding steroid dienone is 1. The van der Waals surface area contributed by atoms with Gasteiger partial charge in [0.25, 0.3) is 5.91 Å². The zero-order valence-corrected chi connectivity index (χ0v) is 14.3. The fourth-order valence-electron chi connectivity index (χ4n) is 2.24. The van der Waals surface area contributed by atoms with Crippen LogP contribution in [-0.4, -0.2) is 25.1 Å². The zero-order chi connectivity index (χ0) is 16.8. The lowest BCUT2D eigenvalue weighted by molar-refractivity contribution is 0.0950. The summed E-state index contributed by atoms with van der Waals surface area (Å²) < 4.78 is 10.7. The Bertz CT molecular complexity index is 710. The van der Waals surface area contributed by atoms with E-state index in [0.29, 0.717) is 30.0 Å². The van der Waals surface area contributed by atoms with Gasteiger partial charge in [-0.2, -0.15) is 0 Å². The average molecular weight is 332 g/mol. The number of benzene rings is 1. The zero-order valence-electron chi connectivity index (χ0n) is 13.5. The molecule has 0 atom stereocenters. The van der Waals surface area contributed by atoms with Crippen LogP contribution in [0.2, 0.25) is 0 Å². The molecule has 122 valence electrons. The highest BCUT2D eigenvalue weighted by atomic mass is 32.1. The number of nitrogens with one attached hydrogen (secondary N) is 1. The van der Waals surface area contributed by atoms with Crippen LogP contribution < -0.4 is 14.8 Å². The van der Waals surface area contributed by atoms with Gasteiger partial charge in [0, 0.05) is 22.2 Å². The highest BCUT2D eigenvalue weighted by Gasteiger charge is 2.15. The summed E-state index contributed by atoms with van der Waals surface area (Å²) in [5.41, 5.74) is 1.39. The van der Waals surface area contributed by atoms with E-state index in [0.717, 1.165) is 15.4 Å². The lowest BCUT2D eigenvalue weighted by Crippen LogP contribution is -2.22. The largest absolute Gasteiger partial charge is 0.493 e. The standard InChI is InChI=1S/C17H20N2O3S/c1-5-6-12-7-13(8-15(21-3)16(12)22-4)17(20)19-10-14-9-18-11(2)23-14/h5,7-9H,1,6,10H2,2-4H3,(H,19,20). The predicted octanol–water partition coefficient (Wildman–Crippen LogP) is 3.13. The van der Waals surface area contributed by atoms with Crippen molar-refractivity contribution in [2.24, 2.45) is 0 Å². The summed E-state index contributed by atoms with van der Waals surface area (Å²) >= 11 is 1.57. The molecule has 5 nitrogen and oxygen atoms in total. The second kappa shape index (κ2) is 7.78. The molecular weight excluding hydrogens is 312 g/mol. The highest BCUT2D eigenvalue weighted by molar-refractivity contribution is 7.11. The number of hydrogen-bond donors (Lipinski definition) is 1. The molecule has 1 heterocycles. The summed E-state index contributed by atoms with van der Waals surface area (Å²) in [4.78, 5) is 17.6. The first-order valence-corrected chi connectivity index (χ1v) is 7.96. The maximum Gasteiger partial charge on any atom is 0.251 e. The molecule has 0 aliphatic heterocycles. The van der Waals surface area contributed by atoms with E-state index in [2.05, 4.69) is 16.9 Å². The molecule has 0 radical (unpaired) electrons. The Morgan fingerprint density at radius 1 is 1.39 bits per heavy atom. The van der Waals surface area contributed by atoms with E-state index in [4.69, 9.17) is 9.47 Å². The van der Waals surface area contributed by atoms with Crippen molar-refractivity contribution in [3.05, 3.63) is 52.0 Å². The number of aromatic nitrogens is 1. The molecule has 6 heteroatoms. The van der Waals surface area contributed by atoms with Crippen molar-refractivity contribution in [3.63, 3.8) is 0 Å². The van der Waals surface area contributed by atoms with Gasteiger partial charge in [-0.1, -0.05) is 6.08 Å². The van der Waals surface area contributed by atoms with Crippen LogP contribution in [0, 0.1) is 6.92 Å². The number of carbonyl (C=O) groups excluding carboxylic acids is 1. The molecule has 0 aliphatic carbocycles. The minimum absolute atomic E-state index is 0.165. The van der Waals surface area contributed by atoms with E-state index in [-0.39, 0.29) is 5.91 Å². The summed E-state index contributed by atoms with van der Waals surface area (Å²) in [6.07, 6.45) is 4.13. The molecular formula is C17H20N2O3S. The SMILES string of the molecule is C=CCc1cc(C(=O)NCc2cnc(C)s2)cc(OC)c1OC. The molecule has 0 fully saturated rings. The molecule has 2 aromatic rings. The van der Waals surface area contributed by atoms with Crippen LogP contribution in [0.3, 0.4) is 0 Å². The number of thiazole rings is 1. The van der Waals surface area contributed by atoms with Gasteiger partial charge >= 0.3 is 0 Å². The number of rotatable bonds is 7. The van der Waals surface area contributed by atoms with E-state index in [9.17, 15) is 4.79 Å². The average Bonchev–Trinajstić information content (AvgIpc) is 2.97. The quantitative estimate of drug-likeness (QED) is 0.791. The number of nitrogens with zero attached hydrogens (tertiary/aromatic N) is 1. The summed E-state index contributed by atoms with van der Waals surface area (Å²) in [5.74, 6) is 0.995. The van der Waals surface area contributed by atoms with E-state index in [1.54, 1.807) is 50.0 Å². The van der Waals surface area contributed by atoms with Crippen molar-refractivity contribution in [1.82, 2.24) is 10.3 Å². The molecule has 0 saturated heterocycles. The van der Waals surface area contributed by atoms with Crippen molar-refractivity contribution < 1.29 is 14.3 Å². The summed E-state index contributed by atoms with van der Waals surface area (Å²) in [6.45, 7) is 6.13. The summed E-state index contributed by atoms with van der Waals surface area (Å²) in [6, 6.07) is 3.48. The minimum Gasteiger partial charge on any atom is -0.493 e. The summed E-state index contributed by atoms with van der Waals surface area (Å²) in [5, 5.41) is 3.88. The number of amides is 1. The smallest absolute Gasteiger partial charge is 0.251 e. The minimum atomic E-state index is -0.165. The molecule has 1 aromatic carbocycles. The van der Waals surface area contributed by atoms with Gasteiger partial charge < -0.3 is 14.8 Å². The van der Waals surface area contributed by atoms with Crippen LogP contribution in [0.15, 0.2) is 31.0 Å². The van der Waals surface area contributed by atoms with Gasteiger partial charge in [-0.15, -0.1) is 17.9 Å². The molecule has 0 aliphatic rings. The van der Waals surface area contributed by atoms with Gasteiger partial charge in [-0.25, -0.2) is 4.98 Å². The van der Waals surface area contributed by atoms with Gasteiger partial charge in [-0.3, -0.25) is 4.79 Å². The lowest BCUT2D eigenvalue weighted by Gasteiger charge is -2.14. The van der Waals surface area contributed by atoms with E-state index in [1.807, 2.05) is 6.92 Å². The monoisotopic (exact) mass is 332 g/mol. The van der Waals surface area contributed by atoms with Crippen LogP contribution in [0.1, 0.15) is 25.8 Å². The van der Waals surface area contributed by atoms with E-state index < -0.39 is 0 Å². The van der Waals surface area contributed by atoms with Crippen molar-refractivity contribution in [1.29, 1.82) is 0 Å². The molecule has 0 spiro atoms. The van der Waals surface area contributed by atoms with Crippen molar-refractivity contribution >= 4 is 17.2 Å². The van der Waals surface area contributed by atoms with Gasteiger partial charge in [0.05, 0.1) is 25.8 Å². The molecule has 0 saturated carbocycles. The normalized spacial score (nSPS) is 10.2. The molecule has 23 heavy (non-hydrogen) atoms. The number of aryl methyl sites for hydroxylation is 1. The van der Waals surface area contributed by atoms with Crippen LogP contribution in [-0.2, 0) is 13.0 Å². The maximum atomic E-state index is 12.4. The number of hydrogen-bond acceptors (Lipinski definition) is 5. The molecule has 1 N–H and O–H groups in total. The van der Waals surface area contributed by atoms with Gasteiger partial charge in [-0.05, 0) is 25.5 Å². The first-order valence-electron chi connectivity index (χ1n) is 7.14. The third-order valence-electron chi connectivity index (χ3n) is 3.27. The third kappa shape index (κ3) is 4.10. The van der Waals surface area contributed by atoms with Gasteiger partial charge in [0.15, 0.2) is 11.5 Å². The first-order chi connectivity index (χ1) is 11.1. The first kappa shape index (κ1) is 17.0. The second-order valence-corrected chi connectivity index (χ2v) is 6.21. The Kier molecular flexibility index (Phi) is 5.76. The van der Waals surface area contributed by atoms with Crippen molar-refractivity contribution in [3.8, 4) is 11.5 Å². The number of methoxy groups -OCH3 is 2. The van der Waals surface area contributed by atoms with Crippen LogP contribution in [0.25, 0.3) is 0 Å². The van der Waals surface area contributed by atoms with Crippen molar-refractivity contribution in [2.45, 2.75) is 19.9 Å².